The largest absolute Gasteiger partial charge is 0.383 e. The molecule has 0 amide bonds. The fourth-order valence-corrected chi connectivity index (χ4v) is 1.44. The highest BCUT2D eigenvalue weighted by atomic mass is 16.5. The maximum Gasteiger partial charge on any atom is 0.0641 e. The lowest BCUT2D eigenvalue weighted by Crippen LogP contribution is -2.35. The van der Waals surface area contributed by atoms with Crippen LogP contribution < -0.4 is 5.32 Å². The molecular weight excluding hydrogens is 190 g/mol. The van der Waals surface area contributed by atoms with Crippen molar-refractivity contribution in [1.29, 1.82) is 0 Å². The van der Waals surface area contributed by atoms with Gasteiger partial charge in [0.2, 0.25) is 0 Å². The average molecular weight is 211 g/mol. The summed E-state index contributed by atoms with van der Waals surface area (Å²) < 4.78 is 7.00. The van der Waals surface area contributed by atoms with Gasteiger partial charge in [-0.25, -0.2) is 0 Å². The molecule has 15 heavy (non-hydrogen) atoms. The number of aryl methyl sites for hydroxylation is 1. The number of ether oxygens (including phenoxy) is 1. The molecule has 1 aromatic heterocycles. The second kappa shape index (κ2) is 5.88. The first-order valence-corrected chi connectivity index (χ1v) is 5.38. The van der Waals surface area contributed by atoms with Gasteiger partial charge in [0, 0.05) is 25.9 Å². The fourth-order valence-electron chi connectivity index (χ4n) is 1.44. The second-order valence-corrected chi connectivity index (χ2v) is 3.97. The minimum Gasteiger partial charge on any atom is -0.383 e. The summed E-state index contributed by atoms with van der Waals surface area (Å²) in [5.74, 6) is 0. The molecule has 1 rings (SSSR count). The summed E-state index contributed by atoms with van der Waals surface area (Å²) >= 11 is 0. The first-order chi connectivity index (χ1) is 7.15. The third-order valence-electron chi connectivity index (χ3n) is 2.64. The molecule has 0 aliphatic heterocycles. The van der Waals surface area contributed by atoms with E-state index in [1.54, 1.807) is 7.11 Å². The van der Waals surface area contributed by atoms with Crippen LogP contribution in [0.15, 0.2) is 12.4 Å². The smallest absolute Gasteiger partial charge is 0.0641 e. The Balaban J connectivity index is 2.42. The lowest BCUT2D eigenvalue weighted by molar-refractivity contribution is 0.192. The number of nitrogens with zero attached hydrogens (tertiary/aromatic N) is 2. The third kappa shape index (κ3) is 3.64. The molecule has 0 aliphatic carbocycles. The normalized spacial score (nSPS) is 15.2. The summed E-state index contributed by atoms with van der Waals surface area (Å²) in [4.78, 5) is 0. The summed E-state index contributed by atoms with van der Waals surface area (Å²) in [7, 11) is 1.71. The van der Waals surface area contributed by atoms with Gasteiger partial charge in [-0.15, -0.1) is 0 Å². The Hall–Kier alpha value is -0.870. The van der Waals surface area contributed by atoms with Crippen LogP contribution in [0.2, 0.25) is 0 Å². The molecule has 0 spiro atoms. The number of hydrogen-bond acceptors (Lipinski definition) is 3. The first kappa shape index (κ1) is 12.2. The summed E-state index contributed by atoms with van der Waals surface area (Å²) in [6.45, 7) is 8.00. The van der Waals surface area contributed by atoms with Crippen LogP contribution in [0, 0.1) is 6.92 Å². The van der Waals surface area contributed by atoms with Gasteiger partial charge in [-0.2, -0.15) is 5.10 Å². The molecule has 0 radical (unpaired) electrons. The molecule has 0 aromatic carbocycles. The van der Waals surface area contributed by atoms with Crippen LogP contribution in [0.25, 0.3) is 0 Å². The molecule has 0 fully saturated rings. The Morgan fingerprint density at radius 3 is 2.80 bits per heavy atom. The van der Waals surface area contributed by atoms with E-state index in [4.69, 9.17) is 4.74 Å². The van der Waals surface area contributed by atoms with Gasteiger partial charge in [0.05, 0.1) is 18.8 Å². The zero-order chi connectivity index (χ0) is 11.3. The Labute approximate surface area is 91.6 Å². The molecule has 0 saturated heterocycles. The quantitative estimate of drug-likeness (QED) is 0.722. The molecule has 0 saturated carbocycles. The van der Waals surface area contributed by atoms with Gasteiger partial charge < -0.3 is 10.1 Å². The Morgan fingerprint density at radius 1 is 1.53 bits per heavy atom. The third-order valence-corrected chi connectivity index (χ3v) is 2.64. The van der Waals surface area contributed by atoms with Crippen LogP contribution in [-0.2, 0) is 4.74 Å². The molecule has 4 heteroatoms. The molecule has 0 bridgehead atoms. The lowest BCUT2D eigenvalue weighted by atomic mass is 10.2. The van der Waals surface area contributed by atoms with Gasteiger partial charge in [0.15, 0.2) is 0 Å². The zero-order valence-electron chi connectivity index (χ0n) is 10.0. The lowest BCUT2D eigenvalue weighted by Gasteiger charge is -2.21. The molecule has 1 aromatic rings. The molecule has 1 N–H and O–H groups in total. The van der Waals surface area contributed by atoms with Gasteiger partial charge >= 0.3 is 0 Å². The summed E-state index contributed by atoms with van der Waals surface area (Å²) in [6.07, 6.45) is 3.96. The summed E-state index contributed by atoms with van der Waals surface area (Å²) in [6, 6.07) is 0.745. The van der Waals surface area contributed by atoms with E-state index in [1.165, 1.54) is 5.56 Å². The van der Waals surface area contributed by atoms with Crippen LogP contribution in [0.1, 0.15) is 25.5 Å². The Bertz CT molecular complexity index is 285. The van der Waals surface area contributed by atoms with Crippen molar-refractivity contribution in [2.24, 2.45) is 0 Å². The zero-order valence-corrected chi connectivity index (χ0v) is 10.0. The molecule has 1 heterocycles. The second-order valence-electron chi connectivity index (χ2n) is 3.97. The van der Waals surface area contributed by atoms with Crippen molar-refractivity contribution in [3.05, 3.63) is 18.0 Å². The SMILES string of the molecule is COCCNC(C)C(C)n1cc(C)cn1. The van der Waals surface area contributed by atoms with E-state index in [0.29, 0.717) is 12.1 Å². The number of nitrogens with one attached hydrogen (secondary N) is 1. The van der Waals surface area contributed by atoms with E-state index in [1.807, 2.05) is 10.9 Å². The highest BCUT2D eigenvalue weighted by molar-refractivity contribution is 5.00. The number of hydrogen-bond donors (Lipinski definition) is 1. The van der Waals surface area contributed by atoms with Gasteiger partial charge in [-0.05, 0) is 26.3 Å². The predicted molar refractivity (Wildman–Crippen MR) is 61.0 cm³/mol. The average Bonchev–Trinajstić information content (AvgIpc) is 2.64. The van der Waals surface area contributed by atoms with E-state index >= 15 is 0 Å². The van der Waals surface area contributed by atoms with E-state index in [-0.39, 0.29) is 0 Å². The van der Waals surface area contributed by atoms with E-state index in [2.05, 4.69) is 37.4 Å². The van der Waals surface area contributed by atoms with E-state index in [9.17, 15) is 0 Å². The number of rotatable bonds is 6. The maximum absolute atomic E-state index is 5.00. The van der Waals surface area contributed by atoms with Crippen molar-refractivity contribution in [3.63, 3.8) is 0 Å². The van der Waals surface area contributed by atoms with Gasteiger partial charge in [0.25, 0.3) is 0 Å². The Kier molecular flexibility index (Phi) is 4.78. The van der Waals surface area contributed by atoms with E-state index < -0.39 is 0 Å². The van der Waals surface area contributed by atoms with Crippen molar-refractivity contribution < 1.29 is 4.74 Å². The fraction of sp³-hybridized carbons (Fsp3) is 0.727. The van der Waals surface area contributed by atoms with Crippen molar-refractivity contribution in [2.45, 2.75) is 32.9 Å². The molecule has 4 nitrogen and oxygen atoms in total. The Morgan fingerprint density at radius 2 is 2.27 bits per heavy atom. The van der Waals surface area contributed by atoms with Gasteiger partial charge in [0.1, 0.15) is 0 Å². The molecular formula is C11H21N3O. The van der Waals surface area contributed by atoms with Crippen molar-refractivity contribution >= 4 is 0 Å². The molecule has 2 unspecified atom stereocenters. The molecule has 86 valence electrons. The summed E-state index contributed by atoms with van der Waals surface area (Å²) in [5, 5.41) is 7.72. The molecule has 0 aliphatic rings. The monoisotopic (exact) mass is 211 g/mol. The number of methoxy groups -OCH3 is 1. The van der Waals surface area contributed by atoms with Gasteiger partial charge in [-0.1, -0.05) is 0 Å². The van der Waals surface area contributed by atoms with Crippen LogP contribution in [0.3, 0.4) is 0 Å². The highest BCUT2D eigenvalue weighted by Crippen LogP contribution is 2.10. The maximum atomic E-state index is 5.00. The van der Waals surface area contributed by atoms with Crippen molar-refractivity contribution in [3.8, 4) is 0 Å². The minimum atomic E-state index is 0.357. The van der Waals surface area contributed by atoms with Crippen LogP contribution in [-0.4, -0.2) is 36.1 Å². The number of aromatic nitrogens is 2. The highest BCUT2D eigenvalue weighted by Gasteiger charge is 2.13. The molecule has 2 atom stereocenters. The standard InChI is InChI=1S/C11H21N3O/c1-9-7-13-14(8-9)11(3)10(2)12-5-6-15-4/h7-8,10-12H,5-6H2,1-4H3. The minimum absolute atomic E-state index is 0.357. The van der Waals surface area contributed by atoms with Crippen LogP contribution in [0.4, 0.5) is 0 Å². The summed E-state index contributed by atoms with van der Waals surface area (Å²) in [5.41, 5.74) is 1.20. The van der Waals surface area contributed by atoms with Crippen LogP contribution in [0.5, 0.6) is 0 Å². The predicted octanol–water partition coefficient (Wildman–Crippen LogP) is 1.38. The topological polar surface area (TPSA) is 39.1 Å². The van der Waals surface area contributed by atoms with Crippen molar-refractivity contribution in [2.75, 3.05) is 20.3 Å². The van der Waals surface area contributed by atoms with Gasteiger partial charge in [-0.3, -0.25) is 4.68 Å². The van der Waals surface area contributed by atoms with E-state index in [0.717, 1.165) is 13.2 Å². The van der Waals surface area contributed by atoms with Crippen LogP contribution >= 0.6 is 0 Å². The van der Waals surface area contributed by atoms with Crippen molar-refractivity contribution in [1.82, 2.24) is 15.1 Å². The first-order valence-electron chi connectivity index (χ1n) is 5.38.